The normalized spacial score (nSPS) is 24.1. The molecule has 1 aliphatic heterocycles. The molecule has 1 atom stereocenters. The van der Waals surface area contributed by atoms with Crippen molar-refractivity contribution in [2.24, 2.45) is 5.14 Å². The lowest BCUT2D eigenvalue weighted by Crippen LogP contribution is -2.23. The van der Waals surface area contributed by atoms with E-state index < -0.39 is 10.0 Å². The summed E-state index contributed by atoms with van der Waals surface area (Å²) >= 11 is 0. The lowest BCUT2D eigenvalue weighted by atomic mass is 10.1. The van der Waals surface area contributed by atoms with Crippen LogP contribution in [0.25, 0.3) is 0 Å². The average molecular weight is 259 g/mol. The first-order valence-electron chi connectivity index (χ1n) is 5.49. The predicted octanol–water partition coefficient (Wildman–Crippen LogP) is 0.488. The molecule has 1 fully saturated rings. The van der Waals surface area contributed by atoms with Crippen molar-refractivity contribution in [3.05, 3.63) is 12.4 Å². The van der Waals surface area contributed by atoms with Gasteiger partial charge in [0.05, 0.1) is 24.4 Å². The Labute approximate surface area is 101 Å². The fourth-order valence-electron chi connectivity index (χ4n) is 2.01. The lowest BCUT2D eigenvalue weighted by Gasteiger charge is -2.19. The van der Waals surface area contributed by atoms with Gasteiger partial charge in [0.1, 0.15) is 4.90 Å². The molecule has 0 amide bonds. The average Bonchev–Trinajstić information content (AvgIpc) is 2.72. The summed E-state index contributed by atoms with van der Waals surface area (Å²) in [6.45, 7) is 4.65. The minimum absolute atomic E-state index is 0.0368. The molecule has 17 heavy (non-hydrogen) atoms. The van der Waals surface area contributed by atoms with Crippen LogP contribution in [0.2, 0.25) is 0 Å². The molecule has 0 radical (unpaired) electrons. The molecule has 0 spiro atoms. The molecule has 1 aliphatic rings. The number of ether oxygens (including phenoxy) is 1. The summed E-state index contributed by atoms with van der Waals surface area (Å²) in [6.07, 6.45) is 4.73. The standard InChI is InChI=1S/C10H17N3O3S/c1-10(2)4-3-8(16-10)6-13-7-9(5-12-13)17(11,14)15/h5,7-8H,3-4,6H2,1-2H3,(H2,11,14,15). The van der Waals surface area contributed by atoms with Gasteiger partial charge in [0, 0.05) is 6.20 Å². The molecule has 0 aliphatic carbocycles. The number of hydrogen-bond donors (Lipinski definition) is 1. The van der Waals surface area contributed by atoms with E-state index >= 15 is 0 Å². The van der Waals surface area contributed by atoms with Crippen molar-refractivity contribution in [2.45, 2.75) is 49.8 Å². The Bertz CT molecular complexity index is 507. The van der Waals surface area contributed by atoms with Crippen LogP contribution in [0.5, 0.6) is 0 Å². The van der Waals surface area contributed by atoms with Crippen molar-refractivity contribution in [1.29, 1.82) is 0 Å². The molecule has 1 saturated heterocycles. The summed E-state index contributed by atoms with van der Waals surface area (Å²) in [5.41, 5.74) is -0.0966. The lowest BCUT2D eigenvalue weighted by molar-refractivity contribution is -0.0230. The zero-order chi connectivity index (χ0) is 12.7. The largest absolute Gasteiger partial charge is 0.370 e. The van der Waals surface area contributed by atoms with E-state index in [1.165, 1.54) is 12.4 Å². The highest BCUT2D eigenvalue weighted by molar-refractivity contribution is 7.89. The van der Waals surface area contributed by atoms with Gasteiger partial charge in [-0.2, -0.15) is 5.10 Å². The zero-order valence-electron chi connectivity index (χ0n) is 9.96. The molecular weight excluding hydrogens is 242 g/mol. The monoisotopic (exact) mass is 259 g/mol. The number of nitrogens with zero attached hydrogens (tertiary/aromatic N) is 2. The van der Waals surface area contributed by atoms with Gasteiger partial charge in [-0.25, -0.2) is 13.6 Å². The van der Waals surface area contributed by atoms with Crippen molar-refractivity contribution in [3.63, 3.8) is 0 Å². The molecule has 96 valence electrons. The van der Waals surface area contributed by atoms with Crippen LogP contribution in [0, 0.1) is 0 Å². The van der Waals surface area contributed by atoms with E-state index in [9.17, 15) is 8.42 Å². The van der Waals surface area contributed by atoms with Crippen LogP contribution in [0.15, 0.2) is 17.3 Å². The molecule has 6 nitrogen and oxygen atoms in total. The van der Waals surface area contributed by atoms with Crippen LogP contribution in [0.4, 0.5) is 0 Å². The maximum atomic E-state index is 11.1. The summed E-state index contributed by atoms with van der Waals surface area (Å²) in [5.74, 6) is 0. The van der Waals surface area contributed by atoms with E-state index in [-0.39, 0.29) is 16.6 Å². The van der Waals surface area contributed by atoms with Gasteiger partial charge in [-0.15, -0.1) is 0 Å². The van der Waals surface area contributed by atoms with Gasteiger partial charge in [-0.1, -0.05) is 0 Å². The van der Waals surface area contributed by atoms with E-state index in [2.05, 4.69) is 5.10 Å². The minimum atomic E-state index is -3.66. The molecular formula is C10H17N3O3S. The first kappa shape index (κ1) is 12.5. The van der Waals surface area contributed by atoms with Crippen molar-refractivity contribution < 1.29 is 13.2 Å². The number of hydrogen-bond acceptors (Lipinski definition) is 4. The van der Waals surface area contributed by atoms with Crippen LogP contribution in [-0.2, 0) is 21.3 Å². The number of rotatable bonds is 3. The highest BCUT2D eigenvalue weighted by Gasteiger charge is 2.31. The van der Waals surface area contributed by atoms with Gasteiger partial charge in [0.15, 0.2) is 0 Å². The maximum absolute atomic E-state index is 11.1. The quantitative estimate of drug-likeness (QED) is 0.855. The Kier molecular flexibility index (Phi) is 3.01. The summed E-state index contributed by atoms with van der Waals surface area (Å²) in [4.78, 5) is 0.0368. The second-order valence-corrected chi connectivity index (χ2v) is 6.54. The molecule has 7 heteroatoms. The first-order valence-corrected chi connectivity index (χ1v) is 7.04. The summed E-state index contributed by atoms with van der Waals surface area (Å²) in [6, 6.07) is 0. The Morgan fingerprint density at radius 2 is 2.35 bits per heavy atom. The third kappa shape index (κ3) is 3.05. The Morgan fingerprint density at radius 1 is 1.65 bits per heavy atom. The van der Waals surface area contributed by atoms with E-state index in [1.807, 2.05) is 13.8 Å². The van der Waals surface area contributed by atoms with Crippen LogP contribution >= 0.6 is 0 Å². The molecule has 2 heterocycles. The fraction of sp³-hybridized carbons (Fsp3) is 0.700. The molecule has 1 aromatic heterocycles. The van der Waals surface area contributed by atoms with Gasteiger partial charge in [0.2, 0.25) is 10.0 Å². The zero-order valence-corrected chi connectivity index (χ0v) is 10.8. The topological polar surface area (TPSA) is 87.2 Å². The van der Waals surface area contributed by atoms with Gasteiger partial charge in [0.25, 0.3) is 0 Å². The van der Waals surface area contributed by atoms with Crippen LogP contribution < -0.4 is 5.14 Å². The molecule has 2 N–H and O–H groups in total. The summed E-state index contributed by atoms with van der Waals surface area (Å²) in [5, 5.41) is 8.98. The van der Waals surface area contributed by atoms with E-state index in [0.717, 1.165) is 12.8 Å². The molecule has 0 bridgehead atoms. The van der Waals surface area contributed by atoms with Gasteiger partial charge >= 0.3 is 0 Å². The molecule has 1 unspecified atom stereocenters. The molecule has 2 rings (SSSR count). The van der Waals surface area contributed by atoms with Crippen molar-refractivity contribution in [3.8, 4) is 0 Å². The highest BCUT2D eigenvalue weighted by Crippen LogP contribution is 2.29. The predicted molar refractivity (Wildman–Crippen MR) is 61.8 cm³/mol. The smallest absolute Gasteiger partial charge is 0.241 e. The van der Waals surface area contributed by atoms with Gasteiger partial charge in [-0.05, 0) is 26.7 Å². The van der Waals surface area contributed by atoms with Crippen molar-refractivity contribution >= 4 is 10.0 Å². The second-order valence-electron chi connectivity index (χ2n) is 4.98. The SMILES string of the molecule is CC1(C)CCC(Cn2cc(S(N)(=O)=O)cn2)O1. The van der Waals surface area contributed by atoms with Gasteiger partial charge < -0.3 is 4.74 Å². The minimum Gasteiger partial charge on any atom is -0.370 e. The first-order chi connectivity index (χ1) is 7.76. The number of primary sulfonamides is 1. The fourth-order valence-corrected chi connectivity index (χ4v) is 2.47. The van der Waals surface area contributed by atoms with Crippen molar-refractivity contribution in [1.82, 2.24) is 9.78 Å². The number of sulfonamides is 1. The van der Waals surface area contributed by atoms with Gasteiger partial charge in [-0.3, -0.25) is 4.68 Å². The van der Waals surface area contributed by atoms with Crippen LogP contribution in [0.3, 0.4) is 0 Å². The van der Waals surface area contributed by atoms with E-state index in [1.54, 1.807) is 4.68 Å². The molecule has 1 aromatic rings. The molecule has 0 saturated carbocycles. The Morgan fingerprint density at radius 3 is 2.82 bits per heavy atom. The van der Waals surface area contributed by atoms with E-state index in [4.69, 9.17) is 9.88 Å². The third-order valence-corrected chi connectivity index (χ3v) is 3.75. The highest BCUT2D eigenvalue weighted by atomic mass is 32.2. The Balaban J connectivity index is 2.04. The van der Waals surface area contributed by atoms with Crippen LogP contribution in [-0.4, -0.2) is 29.9 Å². The maximum Gasteiger partial charge on any atom is 0.241 e. The summed E-state index contributed by atoms with van der Waals surface area (Å²) < 4.78 is 29.5. The van der Waals surface area contributed by atoms with Crippen LogP contribution in [0.1, 0.15) is 26.7 Å². The second kappa shape index (κ2) is 4.08. The third-order valence-electron chi connectivity index (χ3n) is 2.88. The Hall–Kier alpha value is -0.920. The molecule has 0 aromatic carbocycles. The number of aromatic nitrogens is 2. The number of nitrogens with two attached hydrogens (primary N) is 1. The van der Waals surface area contributed by atoms with E-state index in [0.29, 0.717) is 6.54 Å². The van der Waals surface area contributed by atoms with Crippen molar-refractivity contribution in [2.75, 3.05) is 0 Å². The summed E-state index contributed by atoms with van der Waals surface area (Å²) in [7, 11) is -3.66.